The topological polar surface area (TPSA) is 62.3 Å². The van der Waals surface area contributed by atoms with Crippen LogP contribution in [-0.4, -0.2) is 36.5 Å². The molecule has 0 saturated heterocycles. The van der Waals surface area contributed by atoms with Crippen LogP contribution in [0.4, 0.5) is 10.3 Å². The summed E-state index contributed by atoms with van der Waals surface area (Å²) in [7, 11) is 3.20. The number of halogens is 1. The van der Waals surface area contributed by atoms with Gasteiger partial charge >= 0.3 is 0 Å². The molecule has 2 rings (SSSR count). The summed E-state index contributed by atoms with van der Waals surface area (Å²) in [6.45, 7) is 0.904. The fourth-order valence-electron chi connectivity index (χ4n) is 1.91. The molecule has 0 saturated carbocycles. The van der Waals surface area contributed by atoms with Crippen LogP contribution in [0.2, 0.25) is 0 Å². The summed E-state index contributed by atoms with van der Waals surface area (Å²) in [5.74, 6) is -0.105. The fraction of sp³-hybridized carbons (Fsp3) is 0.417. The molecule has 2 aromatic rings. The highest BCUT2D eigenvalue weighted by Gasteiger charge is 2.15. The van der Waals surface area contributed by atoms with Crippen LogP contribution in [0, 0.1) is 5.82 Å². The average molecular weight is 253 g/mol. The summed E-state index contributed by atoms with van der Waals surface area (Å²) in [5.41, 5.74) is 6.75. The molecule has 6 heteroatoms. The minimum Gasteiger partial charge on any atom is -0.382 e. The quantitative estimate of drug-likeness (QED) is 0.875. The third kappa shape index (κ3) is 2.30. The number of nitrogens with zero attached hydrogens (tertiary/aromatic N) is 2. The van der Waals surface area contributed by atoms with E-state index in [0.29, 0.717) is 18.7 Å². The Balaban J connectivity index is 2.38. The van der Waals surface area contributed by atoms with Crippen LogP contribution in [0.1, 0.15) is 0 Å². The Morgan fingerprint density at radius 3 is 2.89 bits per heavy atom. The maximum atomic E-state index is 13.6. The van der Waals surface area contributed by atoms with Gasteiger partial charge in [-0.3, -0.25) is 0 Å². The summed E-state index contributed by atoms with van der Waals surface area (Å²) in [6, 6.07) is 4.77. The molecule has 0 spiro atoms. The predicted octanol–water partition coefficient (Wildman–Crippen LogP) is 1.42. The highest BCUT2D eigenvalue weighted by atomic mass is 19.1. The number of imidazole rings is 1. The van der Waals surface area contributed by atoms with Crippen LogP contribution in [0.5, 0.6) is 0 Å². The molecule has 5 nitrogen and oxygen atoms in total. The lowest BCUT2D eigenvalue weighted by Crippen LogP contribution is -2.24. The first-order valence-electron chi connectivity index (χ1n) is 5.59. The van der Waals surface area contributed by atoms with Gasteiger partial charge in [0.2, 0.25) is 5.95 Å². The van der Waals surface area contributed by atoms with Crippen molar-refractivity contribution in [3.8, 4) is 0 Å². The van der Waals surface area contributed by atoms with Gasteiger partial charge in [-0.25, -0.2) is 9.37 Å². The number of hydrogen-bond donors (Lipinski definition) is 1. The molecular formula is C12H16FN3O2. The lowest BCUT2D eigenvalue weighted by molar-refractivity contribution is 0.0193. The molecule has 18 heavy (non-hydrogen) atoms. The number of hydrogen-bond acceptors (Lipinski definition) is 4. The van der Waals surface area contributed by atoms with Crippen molar-refractivity contribution in [1.82, 2.24) is 9.55 Å². The Morgan fingerprint density at radius 2 is 2.22 bits per heavy atom. The van der Waals surface area contributed by atoms with Gasteiger partial charge in [-0.15, -0.1) is 0 Å². The summed E-state index contributed by atoms with van der Waals surface area (Å²) < 4.78 is 25.6. The van der Waals surface area contributed by atoms with Crippen LogP contribution < -0.4 is 5.73 Å². The molecule has 1 atom stereocenters. The van der Waals surface area contributed by atoms with Crippen LogP contribution >= 0.6 is 0 Å². The van der Waals surface area contributed by atoms with Gasteiger partial charge in [-0.1, -0.05) is 6.07 Å². The van der Waals surface area contributed by atoms with Crippen molar-refractivity contribution in [2.75, 3.05) is 26.6 Å². The highest BCUT2D eigenvalue weighted by Crippen LogP contribution is 2.21. The summed E-state index contributed by atoms with van der Waals surface area (Å²) >= 11 is 0. The van der Waals surface area contributed by atoms with E-state index in [0.717, 1.165) is 0 Å². The Labute approximate surface area is 104 Å². The van der Waals surface area contributed by atoms with E-state index in [1.807, 2.05) is 0 Å². The summed E-state index contributed by atoms with van der Waals surface area (Å²) in [5, 5.41) is 0. The predicted molar refractivity (Wildman–Crippen MR) is 66.8 cm³/mol. The van der Waals surface area contributed by atoms with E-state index in [4.69, 9.17) is 15.2 Å². The molecule has 0 amide bonds. The van der Waals surface area contributed by atoms with Gasteiger partial charge in [0, 0.05) is 14.2 Å². The monoisotopic (exact) mass is 253 g/mol. The Bertz CT molecular complexity index is 541. The van der Waals surface area contributed by atoms with Crippen molar-refractivity contribution in [1.29, 1.82) is 0 Å². The van der Waals surface area contributed by atoms with Gasteiger partial charge in [-0.05, 0) is 12.1 Å². The van der Waals surface area contributed by atoms with Crippen molar-refractivity contribution < 1.29 is 13.9 Å². The number of benzene rings is 1. The van der Waals surface area contributed by atoms with Crippen LogP contribution in [0.25, 0.3) is 11.0 Å². The number of methoxy groups -OCH3 is 2. The third-order valence-corrected chi connectivity index (χ3v) is 2.83. The second kappa shape index (κ2) is 5.32. The average Bonchev–Trinajstić information content (AvgIpc) is 2.67. The molecule has 1 aromatic carbocycles. The lowest BCUT2D eigenvalue weighted by Gasteiger charge is -2.16. The van der Waals surface area contributed by atoms with Gasteiger partial charge < -0.3 is 19.8 Å². The summed E-state index contributed by atoms with van der Waals surface area (Å²) in [4.78, 5) is 4.03. The smallest absolute Gasteiger partial charge is 0.201 e. The van der Waals surface area contributed by atoms with Crippen molar-refractivity contribution in [2.24, 2.45) is 0 Å². The highest BCUT2D eigenvalue weighted by molar-refractivity contribution is 5.78. The van der Waals surface area contributed by atoms with Crippen LogP contribution in [0.3, 0.4) is 0 Å². The Kier molecular flexibility index (Phi) is 3.78. The third-order valence-electron chi connectivity index (χ3n) is 2.83. The first kappa shape index (κ1) is 12.8. The zero-order valence-electron chi connectivity index (χ0n) is 10.4. The first-order chi connectivity index (χ1) is 8.67. The zero-order valence-corrected chi connectivity index (χ0v) is 10.4. The number of nitrogen functional groups attached to an aromatic ring is 1. The minimum absolute atomic E-state index is 0.155. The number of para-hydroxylation sites is 1. The maximum absolute atomic E-state index is 13.6. The number of rotatable bonds is 5. The van der Waals surface area contributed by atoms with Gasteiger partial charge in [-0.2, -0.15) is 0 Å². The number of aromatic nitrogens is 2. The van der Waals surface area contributed by atoms with E-state index >= 15 is 0 Å². The Hall–Kier alpha value is -1.66. The van der Waals surface area contributed by atoms with Gasteiger partial charge in [0.25, 0.3) is 0 Å². The molecule has 1 aromatic heterocycles. The molecule has 1 unspecified atom stereocenters. The largest absolute Gasteiger partial charge is 0.382 e. The second-order valence-electron chi connectivity index (χ2n) is 4.00. The van der Waals surface area contributed by atoms with E-state index in [1.165, 1.54) is 6.07 Å². The molecular weight excluding hydrogens is 237 g/mol. The summed E-state index contributed by atoms with van der Waals surface area (Å²) in [6.07, 6.45) is -0.155. The SMILES string of the molecule is COCC(Cn1c(N)nc2c(F)cccc21)OC. The van der Waals surface area contributed by atoms with Crippen molar-refractivity contribution >= 4 is 17.0 Å². The number of ether oxygens (including phenoxy) is 2. The first-order valence-corrected chi connectivity index (χ1v) is 5.59. The van der Waals surface area contributed by atoms with E-state index in [1.54, 1.807) is 30.9 Å². The fourth-order valence-corrected chi connectivity index (χ4v) is 1.91. The molecule has 0 bridgehead atoms. The molecule has 2 N–H and O–H groups in total. The van der Waals surface area contributed by atoms with Gasteiger partial charge in [0.15, 0.2) is 5.82 Å². The van der Waals surface area contributed by atoms with E-state index in [-0.39, 0.29) is 23.4 Å². The minimum atomic E-state index is -0.376. The molecule has 98 valence electrons. The van der Waals surface area contributed by atoms with E-state index in [2.05, 4.69) is 4.98 Å². The molecule has 0 fully saturated rings. The normalized spacial score (nSPS) is 13.1. The zero-order chi connectivity index (χ0) is 13.1. The maximum Gasteiger partial charge on any atom is 0.201 e. The molecule has 0 aliphatic heterocycles. The standard InChI is InChI=1S/C12H16FN3O2/c1-17-7-8(18-2)6-16-10-5-3-4-9(13)11(10)15-12(16)14/h3-5,8H,6-7H2,1-2H3,(H2,14,15). The van der Waals surface area contributed by atoms with Gasteiger partial charge in [0.05, 0.1) is 24.8 Å². The second-order valence-corrected chi connectivity index (χ2v) is 4.00. The molecule has 0 aliphatic carbocycles. The molecule has 1 heterocycles. The van der Waals surface area contributed by atoms with Crippen LogP contribution in [0.15, 0.2) is 18.2 Å². The van der Waals surface area contributed by atoms with E-state index in [9.17, 15) is 4.39 Å². The number of fused-ring (bicyclic) bond motifs is 1. The number of nitrogens with two attached hydrogens (primary N) is 1. The van der Waals surface area contributed by atoms with Gasteiger partial charge in [0.1, 0.15) is 5.52 Å². The van der Waals surface area contributed by atoms with Crippen molar-refractivity contribution in [3.05, 3.63) is 24.0 Å². The molecule has 0 radical (unpaired) electrons. The Morgan fingerprint density at radius 1 is 1.44 bits per heavy atom. The van der Waals surface area contributed by atoms with Crippen molar-refractivity contribution in [2.45, 2.75) is 12.6 Å². The van der Waals surface area contributed by atoms with Crippen LogP contribution in [-0.2, 0) is 16.0 Å². The van der Waals surface area contributed by atoms with E-state index < -0.39 is 0 Å². The lowest BCUT2D eigenvalue weighted by atomic mass is 10.3. The van der Waals surface area contributed by atoms with Crippen molar-refractivity contribution in [3.63, 3.8) is 0 Å². The molecule has 0 aliphatic rings. The number of anilines is 1.